The quantitative estimate of drug-likeness (QED) is 0.778. The fraction of sp³-hybridized carbons (Fsp3) is 0.588. The van der Waals surface area contributed by atoms with E-state index in [1.807, 2.05) is 24.8 Å². The molecule has 2 atom stereocenters. The SMILES string of the molecule is CCCS(=O)(=O)c1ccccc1SC(C)C(=O)N1CCNC(C)C1. The van der Waals surface area contributed by atoms with Crippen molar-refractivity contribution in [2.75, 3.05) is 25.4 Å². The van der Waals surface area contributed by atoms with Gasteiger partial charge in [0.1, 0.15) is 0 Å². The van der Waals surface area contributed by atoms with E-state index < -0.39 is 9.84 Å². The summed E-state index contributed by atoms with van der Waals surface area (Å²) in [6.45, 7) is 7.95. The second kappa shape index (κ2) is 8.36. The Hall–Kier alpha value is -1.05. The Morgan fingerprint density at radius 1 is 1.42 bits per heavy atom. The van der Waals surface area contributed by atoms with Crippen LogP contribution >= 0.6 is 11.8 Å². The molecule has 1 heterocycles. The van der Waals surface area contributed by atoms with Crippen LogP contribution in [0.4, 0.5) is 0 Å². The number of amides is 1. The maximum absolute atomic E-state index is 12.7. The van der Waals surface area contributed by atoms with Crippen LogP contribution in [0.3, 0.4) is 0 Å². The van der Waals surface area contributed by atoms with Crippen LogP contribution in [0.1, 0.15) is 27.2 Å². The highest BCUT2D eigenvalue weighted by molar-refractivity contribution is 8.01. The number of carbonyl (C=O) groups excluding carboxylic acids is 1. The molecule has 1 aliphatic rings. The molecule has 2 unspecified atom stereocenters. The van der Waals surface area contributed by atoms with E-state index in [-0.39, 0.29) is 23.0 Å². The lowest BCUT2D eigenvalue weighted by Gasteiger charge is -2.33. The van der Waals surface area contributed by atoms with E-state index in [0.29, 0.717) is 29.3 Å². The van der Waals surface area contributed by atoms with Gasteiger partial charge in [-0.25, -0.2) is 8.42 Å². The predicted octanol–water partition coefficient (Wildman–Crippen LogP) is 2.17. The summed E-state index contributed by atoms with van der Waals surface area (Å²) in [6, 6.07) is 7.26. The number of thioether (sulfide) groups is 1. The zero-order valence-corrected chi connectivity index (χ0v) is 16.1. The molecule has 134 valence electrons. The molecule has 0 aliphatic carbocycles. The van der Waals surface area contributed by atoms with Gasteiger partial charge in [0.05, 0.1) is 15.9 Å². The number of sulfone groups is 1. The van der Waals surface area contributed by atoms with E-state index in [2.05, 4.69) is 12.2 Å². The minimum atomic E-state index is -3.30. The minimum Gasteiger partial charge on any atom is -0.339 e. The Morgan fingerprint density at radius 2 is 2.12 bits per heavy atom. The van der Waals surface area contributed by atoms with Gasteiger partial charge in [0.2, 0.25) is 5.91 Å². The van der Waals surface area contributed by atoms with Gasteiger partial charge < -0.3 is 10.2 Å². The van der Waals surface area contributed by atoms with Crippen LogP contribution in [0.15, 0.2) is 34.1 Å². The van der Waals surface area contributed by atoms with Crippen molar-refractivity contribution >= 4 is 27.5 Å². The molecular formula is C17H26N2O3S2. The van der Waals surface area contributed by atoms with Crippen molar-refractivity contribution in [1.29, 1.82) is 0 Å². The average Bonchev–Trinajstić information content (AvgIpc) is 2.54. The summed E-state index contributed by atoms with van der Waals surface area (Å²) in [7, 11) is -3.30. The van der Waals surface area contributed by atoms with Crippen LogP contribution in [0, 0.1) is 0 Å². The lowest BCUT2D eigenvalue weighted by atomic mass is 10.2. The molecule has 0 spiro atoms. The topological polar surface area (TPSA) is 66.5 Å². The number of hydrogen-bond acceptors (Lipinski definition) is 5. The van der Waals surface area contributed by atoms with E-state index in [4.69, 9.17) is 0 Å². The fourth-order valence-electron chi connectivity index (χ4n) is 2.81. The number of piperazine rings is 1. The first kappa shape index (κ1) is 19.3. The van der Waals surface area contributed by atoms with Crippen molar-refractivity contribution in [2.24, 2.45) is 0 Å². The molecule has 1 aromatic carbocycles. The Kier molecular flexibility index (Phi) is 6.71. The van der Waals surface area contributed by atoms with E-state index in [0.717, 1.165) is 6.54 Å². The van der Waals surface area contributed by atoms with Crippen molar-refractivity contribution < 1.29 is 13.2 Å². The molecule has 24 heavy (non-hydrogen) atoms. The summed E-state index contributed by atoms with van der Waals surface area (Å²) in [5.74, 6) is 0.193. The molecule has 0 aromatic heterocycles. The van der Waals surface area contributed by atoms with Crippen LogP contribution in [0.25, 0.3) is 0 Å². The lowest BCUT2D eigenvalue weighted by Crippen LogP contribution is -2.53. The molecule has 7 heteroatoms. The highest BCUT2D eigenvalue weighted by atomic mass is 32.2. The van der Waals surface area contributed by atoms with Gasteiger partial charge in [-0.2, -0.15) is 0 Å². The Balaban J connectivity index is 2.14. The van der Waals surface area contributed by atoms with Gasteiger partial charge >= 0.3 is 0 Å². The monoisotopic (exact) mass is 370 g/mol. The Morgan fingerprint density at radius 3 is 2.79 bits per heavy atom. The molecule has 1 amide bonds. The number of nitrogens with zero attached hydrogens (tertiary/aromatic N) is 1. The molecule has 1 aliphatic heterocycles. The molecule has 1 fully saturated rings. The second-order valence-electron chi connectivity index (χ2n) is 6.17. The van der Waals surface area contributed by atoms with Crippen molar-refractivity contribution in [1.82, 2.24) is 10.2 Å². The number of nitrogens with one attached hydrogen (secondary N) is 1. The molecule has 0 bridgehead atoms. The number of benzene rings is 1. The molecule has 1 saturated heterocycles. The molecular weight excluding hydrogens is 344 g/mol. The third-order valence-corrected chi connectivity index (χ3v) is 7.26. The first-order valence-corrected chi connectivity index (χ1v) is 10.9. The zero-order chi connectivity index (χ0) is 17.7. The standard InChI is InChI=1S/C17H26N2O3S2/c1-4-11-24(21,22)16-8-6-5-7-15(16)23-14(3)17(20)19-10-9-18-13(2)12-19/h5-8,13-14,18H,4,9-12H2,1-3H3. The summed E-state index contributed by atoms with van der Waals surface area (Å²) in [4.78, 5) is 15.5. The zero-order valence-electron chi connectivity index (χ0n) is 14.5. The van der Waals surface area contributed by atoms with Crippen LogP contribution in [-0.2, 0) is 14.6 Å². The summed E-state index contributed by atoms with van der Waals surface area (Å²) in [6.07, 6.45) is 0.578. The maximum Gasteiger partial charge on any atom is 0.235 e. The molecule has 2 rings (SSSR count). The van der Waals surface area contributed by atoms with Gasteiger partial charge in [0, 0.05) is 30.6 Å². The normalized spacial score (nSPS) is 20.0. The van der Waals surface area contributed by atoms with Crippen LogP contribution in [0.2, 0.25) is 0 Å². The van der Waals surface area contributed by atoms with Gasteiger partial charge in [-0.05, 0) is 32.4 Å². The van der Waals surface area contributed by atoms with Crippen LogP contribution in [-0.4, -0.2) is 55.9 Å². The summed E-state index contributed by atoms with van der Waals surface area (Å²) >= 11 is 1.34. The molecule has 0 radical (unpaired) electrons. The minimum absolute atomic E-state index is 0.0658. The summed E-state index contributed by atoms with van der Waals surface area (Å²) < 4.78 is 24.9. The predicted molar refractivity (Wildman–Crippen MR) is 98.1 cm³/mol. The second-order valence-corrected chi connectivity index (χ2v) is 9.63. The summed E-state index contributed by atoms with van der Waals surface area (Å²) in [5, 5.41) is 3.01. The van der Waals surface area contributed by atoms with Crippen molar-refractivity contribution in [3.05, 3.63) is 24.3 Å². The van der Waals surface area contributed by atoms with Crippen LogP contribution < -0.4 is 5.32 Å². The fourth-order valence-corrected chi connectivity index (χ4v) is 5.73. The van der Waals surface area contributed by atoms with Gasteiger partial charge in [0.25, 0.3) is 0 Å². The lowest BCUT2D eigenvalue weighted by molar-refractivity contribution is -0.131. The van der Waals surface area contributed by atoms with E-state index in [1.165, 1.54) is 11.8 Å². The van der Waals surface area contributed by atoms with Gasteiger partial charge in [-0.1, -0.05) is 19.1 Å². The highest BCUT2D eigenvalue weighted by Gasteiger charge is 2.27. The number of hydrogen-bond donors (Lipinski definition) is 1. The highest BCUT2D eigenvalue weighted by Crippen LogP contribution is 2.31. The van der Waals surface area contributed by atoms with Gasteiger partial charge in [0.15, 0.2) is 9.84 Å². The smallest absolute Gasteiger partial charge is 0.235 e. The van der Waals surface area contributed by atoms with E-state index in [1.54, 1.807) is 18.2 Å². The van der Waals surface area contributed by atoms with Crippen molar-refractivity contribution in [2.45, 2.75) is 48.3 Å². The summed E-state index contributed by atoms with van der Waals surface area (Å²) in [5.41, 5.74) is 0. The third-order valence-electron chi connectivity index (χ3n) is 3.99. The third kappa shape index (κ3) is 4.74. The van der Waals surface area contributed by atoms with Crippen LogP contribution in [0.5, 0.6) is 0 Å². The van der Waals surface area contributed by atoms with Crippen molar-refractivity contribution in [3.8, 4) is 0 Å². The number of carbonyl (C=O) groups is 1. The molecule has 1 N–H and O–H groups in total. The number of rotatable bonds is 6. The largest absolute Gasteiger partial charge is 0.339 e. The van der Waals surface area contributed by atoms with E-state index in [9.17, 15) is 13.2 Å². The molecule has 0 saturated carbocycles. The Labute approximate surface area is 149 Å². The van der Waals surface area contributed by atoms with Gasteiger partial charge in [-0.3, -0.25) is 4.79 Å². The molecule has 5 nitrogen and oxygen atoms in total. The first-order chi connectivity index (χ1) is 11.3. The Bertz CT molecular complexity index is 676. The average molecular weight is 371 g/mol. The first-order valence-electron chi connectivity index (χ1n) is 8.35. The molecule has 1 aromatic rings. The van der Waals surface area contributed by atoms with E-state index >= 15 is 0 Å². The van der Waals surface area contributed by atoms with Gasteiger partial charge in [-0.15, -0.1) is 11.8 Å². The maximum atomic E-state index is 12.7. The van der Waals surface area contributed by atoms with Crippen molar-refractivity contribution in [3.63, 3.8) is 0 Å².